The Morgan fingerprint density at radius 1 is 1.20 bits per heavy atom. The van der Waals surface area contributed by atoms with Gasteiger partial charge in [-0.15, -0.1) is 0 Å². The highest BCUT2D eigenvalue weighted by Crippen LogP contribution is 2.29. The second-order valence-electron chi connectivity index (χ2n) is 3.99. The molecule has 0 atom stereocenters. The Labute approximate surface area is 121 Å². The number of rotatable bonds is 5. The van der Waals surface area contributed by atoms with Gasteiger partial charge in [0.2, 0.25) is 0 Å². The van der Waals surface area contributed by atoms with Crippen molar-refractivity contribution >= 4 is 23.4 Å². The number of nitro groups is 1. The molecule has 0 saturated carbocycles. The van der Waals surface area contributed by atoms with Gasteiger partial charge in [0, 0.05) is 17.2 Å². The molecule has 0 saturated heterocycles. The van der Waals surface area contributed by atoms with Gasteiger partial charge in [0.05, 0.1) is 4.92 Å². The molecule has 5 heteroatoms. The molecular weight excluding hydrogens is 278 g/mol. The van der Waals surface area contributed by atoms with Crippen LogP contribution >= 0.6 is 11.6 Å². The third-order valence-electron chi connectivity index (χ3n) is 2.56. The van der Waals surface area contributed by atoms with Gasteiger partial charge in [-0.3, -0.25) is 10.1 Å². The fraction of sp³-hybridized carbons (Fsp3) is 0.0667. The first-order valence-electron chi connectivity index (χ1n) is 5.95. The number of nitrogens with zero attached hydrogens (tertiary/aromatic N) is 1. The smallest absolute Gasteiger partial charge is 0.311 e. The molecule has 0 N–H and O–H groups in total. The molecule has 4 nitrogen and oxygen atoms in total. The van der Waals surface area contributed by atoms with Crippen LogP contribution in [0.25, 0.3) is 6.08 Å². The number of ether oxygens (including phenoxy) is 1. The molecule has 0 radical (unpaired) electrons. The van der Waals surface area contributed by atoms with E-state index in [1.54, 1.807) is 6.08 Å². The summed E-state index contributed by atoms with van der Waals surface area (Å²) in [5.41, 5.74) is 0.944. The van der Waals surface area contributed by atoms with Crippen LogP contribution in [0.2, 0.25) is 5.02 Å². The lowest BCUT2D eigenvalue weighted by atomic mass is 10.2. The summed E-state index contributed by atoms with van der Waals surface area (Å²) in [4.78, 5) is 10.4. The Morgan fingerprint density at radius 2 is 1.95 bits per heavy atom. The van der Waals surface area contributed by atoms with Crippen LogP contribution in [0, 0.1) is 10.1 Å². The summed E-state index contributed by atoms with van der Waals surface area (Å²) < 4.78 is 5.39. The average Bonchev–Trinajstić information content (AvgIpc) is 2.44. The van der Waals surface area contributed by atoms with Gasteiger partial charge in [0.15, 0.2) is 5.75 Å². The summed E-state index contributed by atoms with van der Waals surface area (Å²) in [6.45, 7) is 0.232. The molecule has 2 aromatic carbocycles. The minimum Gasteiger partial charge on any atom is -0.483 e. The summed E-state index contributed by atoms with van der Waals surface area (Å²) in [6, 6.07) is 13.9. The number of hydrogen-bond donors (Lipinski definition) is 0. The lowest BCUT2D eigenvalue weighted by Crippen LogP contribution is -1.98. The Kier molecular flexibility index (Phi) is 4.74. The second-order valence-corrected chi connectivity index (χ2v) is 4.43. The predicted molar refractivity (Wildman–Crippen MR) is 79.1 cm³/mol. The largest absolute Gasteiger partial charge is 0.483 e. The van der Waals surface area contributed by atoms with Gasteiger partial charge in [-0.25, -0.2) is 0 Å². The maximum absolute atomic E-state index is 10.9. The van der Waals surface area contributed by atoms with E-state index in [0.29, 0.717) is 5.02 Å². The first-order valence-corrected chi connectivity index (χ1v) is 6.33. The molecule has 0 amide bonds. The van der Waals surface area contributed by atoms with Crippen LogP contribution in [-0.2, 0) is 0 Å². The first-order chi connectivity index (χ1) is 9.66. The van der Waals surface area contributed by atoms with Gasteiger partial charge in [-0.1, -0.05) is 48.0 Å². The molecule has 0 fully saturated rings. The van der Waals surface area contributed by atoms with Crippen molar-refractivity contribution in [2.24, 2.45) is 0 Å². The zero-order valence-corrected chi connectivity index (χ0v) is 11.3. The van der Waals surface area contributed by atoms with E-state index in [2.05, 4.69) is 0 Å². The second kappa shape index (κ2) is 6.73. The summed E-state index contributed by atoms with van der Waals surface area (Å²) >= 11 is 5.81. The zero-order valence-electron chi connectivity index (χ0n) is 10.5. The number of halogens is 1. The molecule has 102 valence electrons. The molecule has 0 aliphatic rings. The van der Waals surface area contributed by atoms with E-state index in [9.17, 15) is 10.1 Å². The molecule has 0 unspecified atom stereocenters. The van der Waals surface area contributed by atoms with E-state index in [-0.39, 0.29) is 18.0 Å². The molecular formula is C15H12ClNO3. The molecule has 0 aromatic heterocycles. The topological polar surface area (TPSA) is 52.4 Å². The van der Waals surface area contributed by atoms with Crippen LogP contribution in [0.15, 0.2) is 54.6 Å². The predicted octanol–water partition coefficient (Wildman–Crippen LogP) is 4.34. The normalized spacial score (nSPS) is 10.7. The van der Waals surface area contributed by atoms with Crippen molar-refractivity contribution in [3.05, 3.63) is 75.3 Å². The minimum absolute atomic E-state index is 0.0949. The van der Waals surface area contributed by atoms with Gasteiger partial charge in [0.25, 0.3) is 0 Å². The fourth-order valence-electron chi connectivity index (χ4n) is 1.64. The lowest BCUT2D eigenvalue weighted by Gasteiger charge is -2.04. The molecule has 0 aliphatic carbocycles. The van der Waals surface area contributed by atoms with Crippen molar-refractivity contribution in [3.63, 3.8) is 0 Å². The van der Waals surface area contributed by atoms with Crippen LogP contribution in [0.5, 0.6) is 5.75 Å². The van der Waals surface area contributed by atoms with Crippen molar-refractivity contribution in [1.29, 1.82) is 0 Å². The first kappa shape index (κ1) is 14.1. The highest BCUT2D eigenvalue weighted by Gasteiger charge is 2.14. The van der Waals surface area contributed by atoms with Crippen molar-refractivity contribution in [1.82, 2.24) is 0 Å². The summed E-state index contributed by atoms with van der Waals surface area (Å²) in [5.74, 6) is 0.167. The molecule has 20 heavy (non-hydrogen) atoms. The number of hydrogen-bond acceptors (Lipinski definition) is 3. The number of nitro benzene ring substituents is 1. The average molecular weight is 290 g/mol. The quantitative estimate of drug-likeness (QED) is 0.608. The Bertz CT molecular complexity index is 626. The highest BCUT2D eigenvalue weighted by molar-refractivity contribution is 6.30. The fourth-order valence-corrected chi connectivity index (χ4v) is 1.80. The Hall–Kier alpha value is -2.33. The number of benzene rings is 2. The summed E-state index contributed by atoms with van der Waals surface area (Å²) in [6.07, 6.45) is 3.68. The lowest BCUT2D eigenvalue weighted by molar-refractivity contribution is -0.385. The summed E-state index contributed by atoms with van der Waals surface area (Å²) in [7, 11) is 0. The van der Waals surface area contributed by atoms with E-state index < -0.39 is 4.92 Å². The van der Waals surface area contributed by atoms with E-state index in [1.165, 1.54) is 18.2 Å². The SMILES string of the molecule is O=[N+]([O-])c1ccc(Cl)cc1OC/C=C/c1ccccc1. The van der Waals surface area contributed by atoms with Crippen molar-refractivity contribution in [2.75, 3.05) is 6.61 Å². The third kappa shape index (κ3) is 3.83. The van der Waals surface area contributed by atoms with Crippen LogP contribution in [-0.4, -0.2) is 11.5 Å². The molecule has 0 heterocycles. The maximum Gasteiger partial charge on any atom is 0.311 e. The van der Waals surface area contributed by atoms with Gasteiger partial charge < -0.3 is 4.74 Å². The van der Waals surface area contributed by atoms with Crippen molar-refractivity contribution < 1.29 is 9.66 Å². The molecule has 2 aromatic rings. The standard InChI is InChI=1S/C15H12ClNO3/c16-13-8-9-14(17(18)19)15(11-13)20-10-4-7-12-5-2-1-3-6-12/h1-9,11H,10H2/b7-4+. The monoisotopic (exact) mass is 289 g/mol. The van der Waals surface area contributed by atoms with E-state index >= 15 is 0 Å². The van der Waals surface area contributed by atoms with Crippen LogP contribution in [0.4, 0.5) is 5.69 Å². The van der Waals surface area contributed by atoms with Gasteiger partial charge in [0.1, 0.15) is 6.61 Å². The van der Waals surface area contributed by atoms with Crippen molar-refractivity contribution in [3.8, 4) is 5.75 Å². The molecule has 0 bridgehead atoms. The Morgan fingerprint density at radius 3 is 2.65 bits per heavy atom. The van der Waals surface area contributed by atoms with Crippen molar-refractivity contribution in [2.45, 2.75) is 0 Å². The molecule has 0 aliphatic heterocycles. The zero-order chi connectivity index (χ0) is 14.4. The van der Waals surface area contributed by atoms with Gasteiger partial charge in [-0.2, -0.15) is 0 Å². The third-order valence-corrected chi connectivity index (χ3v) is 2.80. The molecule has 2 rings (SSSR count). The minimum atomic E-state index is -0.493. The van der Waals surface area contributed by atoms with Gasteiger partial charge in [-0.05, 0) is 17.7 Å². The van der Waals surface area contributed by atoms with Crippen LogP contribution in [0.1, 0.15) is 5.56 Å². The summed E-state index contributed by atoms with van der Waals surface area (Å²) in [5, 5.41) is 11.3. The van der Waals surface area contributed by atoms with E-state index in [1.807, 2.05) is 36.4 Å². The van der Waals surface area contributed by atoms with Crippen LogP contribution in [0.3, 0.4) is 0 Å². The highest BCUT2D eigenvalue weighted by atomic mass is 35.5. The Balaban J connectivity index is 2.02. The maximum atomic E-state index is 10.9. The van der Waals surface area contributed by atoms with Crippen LogP contribution < -0.4 is 4.74 Å². The molecule has 0 spiro atoms. The van der Waals surface area contributed by atoms with E-state index in [0.717, 1.165) is 5.56 Å². The van der Waals surface area contributed by atoms with E-state index in [4.69, 9.17) is 16.3 Å². The van der Waals surface area contributed by atoms with Gasteiger partial charge >= 0.3 is 5.69 Å².